The molecule has 3 rings (SSSR count). The first kappa shape index (κ1) is 10.1. The molecule has 0 radical (unpaired) electrons. The Hall–Kier alpha value is -2.09. The van der Waals surface area contributed by atoms with E-state index in [4.69, 9.17) is 0 Å². The molecular weight excluding hydrogens is 208 g/mol. The Morgan fingerprint density at radius 3 is 2.94 bits per heavy atom. The fourth-order valence-electron chi connectivity index (χ4n) is 2.12. The molecule has 0 fully saturated rings. The van der Waals surface area contributed by atoms with E-state index in [1.54, 1.807) is 6.20 Å². The van der Waals surface area contributed by atoms with Crippen molar-refractivity contribution in [1.29, 1.82) is 0 Å². The largest absolute Gasteiger partial charge is 0.384 e. The smallest absolute Gasteiger partial charge is 0.0403 e. The summed E-state index contributed by atoms with van der Waals surface area (Å²) in [6.07, 6.45) is 5.90. The molecule has 2 heteroatoms. The molecule has 2 aromatic rings. The van der Waals surface area contributed by atoms with Crippen molar-refractivity contribution in [3.8, 4) is 11.1 Å². The van der Waals surface area contributed by atoms with Crippen molar-refractivity contribution in [3.63, 3.8) is 0 Å². The molecular formula is C15H14N2. The Morgan fingerprint density at radius 2 is 2.12 bits per heavy atom. The highest BCUT2D eigenvalue weighted by atomic mass is 14.9. The summed E-state index contributed by atoms with van der Waals surface area (Å²) in [7, 11) is 0. The van der Waals surface area contributed by atoms with Crippen molar-refractivity contribution in [1.82, 2.24) is 10.3 Å². The number of rotatable bonds is 1. The van der Waals surface area contributed by atoms with Crippen molar-refractivity contribution in [2.75, 3.05) is 0 Å². The molecule has 0 unspecified atom stereocenters. The fraction of sp³-hybridized carbons (Fsp3) is 0.133. The molecule has 84 valence electrons. The van der Waals surface area contributed by atoms with Crippen LogP contribution in [0.2, 0.25) is 0 Å². The van der Waals surface area contributed by atoms with E-state index in [1.807, 2.05) is 12.3 Å². The predicted octanol–water partition coefficient (Wildman–Crippen LogP) is 3.21. The van der Waals surface area contributed by atoms with Crippen LogP contribution in [0.25, 0.3) is 17.2 Å². The van der Waals surface area contributed by atoms with Gasteiger partial charge in [0.15, 0.2) is 0 Å². The van der Waals surface area contributed by atoms with Crippen LogP contribution in [-0.2, 0) is 6.54 Å². The lowest BCUT2D eigenvalue weighted by molar-refractivity contribution is 0.803. The number of nitrogens with one attached hydrogen (secondary N) is 1. The molecule has 2 nitrogen and oxygen atoms in total. The minimum absolute atomic E-state index is 0.922. The molecule has 0 aliphatic carbocycles. The second kappa shape index (κ2) is 4.06. The highest BCUT2D eigenvalue weighted by Gasteiger charge is 2.08. The van der Waals surface area contributed by atoms with Crippen molar-refractivity contribution >= 4 is 6.08 Å². The summed E-state index contributed by atoms with van der Waals surface area (Å²) in [6, 6.07) is 10.6. The molecule has 1 aromatic carbocycles. The van der Waals surface area contributed by atoms with E-state index in [-0.39, 0.29) is 0 Å². The second-order valence-electron chi connectivity index (χ2n) is 4.34. The van der Waals surface area contributed by atoms with Crippen LogP contribution in [0.3, 0.4) is 0 Å². The van der Waals surface area contributed by atoms with Crippen molar-refractivity contribution in [3.05, 3.63) is 59.5 Å². The van der Waals surface area contributed by atoms with Crippen molar-refractivity contribution < 1.29 is 0 Å². The lowest BCUT2D eigenvalue weighted by Crippen LogP contribution is -2.15. The molecule has 1 aliphatic rings. The van der Waals surface area contributed by atoms with Gasteiger partial charge in [0.25, 0.3) is 0 Å². The van der Waals surface area contributed by atoms with Gasteiger partial charge in [-0.1, -0.05) is 18.2 Å². The standard InChI is InChI=1S/C15H14N2/c1-11-7-15-8-12(4-5-14(15)10-17-11)13-3-2-6-16-9-13/h2-9,17H,10H2,1H3. The molecule has 0 amide bonds. The van der Waals surface area contributed by atoms with Crippen LogP contribution in [0.5, 0.6) is 0 Å². The third-order valence-corrected chi connectivity index (χ3v) is 3.07. The van der Waals surface area contributed by atoms with Gasteiger partial charge in [0.2, 0.25) is 0 Å². The first-order valence-electron chi connectivity index (χ1n) is 5.78. The van der Waals surface area contributed by atoms with Gasteiger partial charge in [-0.25, -0.2) is 0 Å². The van der Waals surface area contributed by atoms with E-state index >= 15 is 0 Å². The maximum absolute atomic E-state index is 4.16. The molecule has 0 spiro atoms. The van der Waals surface area contributed by atoms with E-state index < -0.39 is 0 Å². The molecule has 1 aromatic heterocycles. The third kappa shape index (κ3) is 1.94. The number of fused-ring (bicyclic) bond motifs is 1. The highest BCUT2D eigenvalue weighted by molar-refractivity contribution is 5.69. The average Bonchev–Trinajstić information content (AvgIpc) is 2.39. The molecule has 17 heavy (non-hydrogen) atoms. The van der Waals surface area contributed by atoms with E-state index in [0.29, 0.717) is 0 Å². The average molecular weight is 222 g/mol. The summed E-state index contributed by atoms with van der Waals surface area (Å²) >= 11 is 0. The van der Waals surface area contributed by atoms with Gasteiger partial charge in [0.1, 0.15) is 0 Å². The minimum atomic E-state index is 0.922. The molecule has 1 N–H and O–H groups in total. The summed E-state index contributed by atoms with van der Waals surface area (Å²) < 4.78 is 0. The number of nitrogens with zero attached hydrogens (tertiary/aromatic N) is 1. The topological polar surface area (TPSA) is 24.9 Å². The fourth-order valence-corrected chi connectivity index (χ4v) is 2.12. The van der Waals surface area contributed by atoms with E-state index in [1.165, 1.54) is 28.0 Å². The number of hydrogen-bond donors (Lipinski definition) is 1. The van der Waals surface area contributed by atoms with Gasteiger partial charge in [0, 0.05) is 30.2 Å². The number of allylic oxidation sites excluding steroid dienone is 1. The molecule has 0 saturated heterocycles. The lowest BCUT2D eigenvalue weighted by Gasteiger charge is -2.17. The molecule has 1 aliphatic heterocycles. The summed E-state index contributed by atoms with van der Waals surface area (Å²) in [5.74, 6) is 0. The van der Waals surface area contributed by atoms with Crippen LogP contribution >= 0.6 is 0 Å². The van der Waals surface area contributed by atoms with Crippen LogP contribution < -0.4 is 5.32 Å². The molecule has 0 bridgehead atoms. The lowest BCUT2D eigenvalue weighted by atomic mass is 9.97. The Morgan fingerprint density at radius 1 is 1.18 bits per heavy atom. The van der Waals surface area contributed by atoms with E-state index in [9.17, 15) is 0 Å². The number of benzene rings is 1. The third-order valence-electron chi connectivity index (χ3n) is 3.07. The normalized spacial score (nSPS) is 13.6. The van der Waals surface area contributed by atoms with Crippen LogP contribution in [0.4, 0.5) is 0 Å². The Labute approximate surface area is 101 Å². The maximum atomic E-state index is 4.16. The quantitative estimate of drug-likeness (QED) is 0.801. The van der Waals surface area contributed by atoms with Gasteiger partial charge in [-0.3, -0.25) is 4.98 Å². The van der Waals surface area contributed by atoms with E-state index in [2.05, 4.69) is 47.6 Å². The van der Waals surface area contributed by atoms with Gasteiger partial charge in [-0.2, -0.15) is 0 Å². The van der Waals surface area contributed by atoms with Gasteiger partial charge in [0.05, 0.1) is 0 Å². The van der Waals surface area contributed by atoms with Gasteiger partial charge < -0.3 is 5.32 Å². The van der Waals surface area contributed by atoms with Crippen LogP contribution in [0.1, 0.15) is 18.1 Å². The van der Waals surface area contributed by atoms with Crippen LogP contribution in [0.15, 0.2) is 48.4 Å². The van der Waals surface area contributed by atoms with E-state index in [0.717, 1.165) is 6.54 Å². The number of hydrogen-bond acceptors (Lipinski definition) is 2. The molecule has 0 saturated carbocycles. The highest BCUT2D eigenvalue weighted by Crippen LogP contribution is 2.25. The first-order valence-corrected chi connectivity index (χ1v) is 5.78. The predicted molar refractivity (Wildman–Crippen MR) is 70.2 cm³/mol. The zero-order valence-corrected chi connectivity index (χ0v) is 9.77. The molecule has 2 heterocycles. The van der Waals surface area contributed by atoms with Crippen LogP contribution in [-0.4, -0.2) is 4.98 Å². The zero-order valence-electron chi connectivity index (χ0n) is 9.77. The van der Waals surface area contributed by atoms with Gasteiger partial charge in [-0.15, -0.1) is 0 Å². The van der Waals surface area contributed by atoms with Crippen molar-refractivity contribution in [2.45, 2.75) is 13.5 Å². The summed E-state index contributed by atoms with van der Waals surface area (Å²) in [5.41, 5.74) is 6.27. The Balaban J connectivity index is 2.08. The summed E-state index contributed by atoms with van der Waals surface area (Å²) in [4.78, 5) is 4.16. The Kier molecular flexibility index (Phi) is 2.41. The Bertz CT molecular complexity index is 571. The first-order chi connectivity index (χ1) is 8.33. The minimum Gasteiger partial charge on any atom is -0.384 e. The second-order valence-corrected chi connectivity index (χ2v) is 4.34. The van der Waals surface area contributed by atoms with Gasteiger partial charge >= 0.3 is 0 Å². The van der Waals surface area contributed by atoms with Crippen LogP contribution in [0, 0.1) is 0 Å². The zero-order chi connectivity index (χ0) is 11.7. The maximum Gasteiger partial charge on any atom is 0.0403 e. The number of pyridine rings is 1. The SMILES string of the molecule is CC1=Cc2cc(-c3cccnc3)ccc2CN1. The summed E-state index contributed by atoms with van der Waals surface area (Å²) in [6.45, 7) is 3.02. The monoisotopic (exact) mass is 222 g/mol. The van der Waals surface area contributed by atoms with Gasteiger partial charge in [-0.05, 0) is 41.8 Å². The summed E-state index contributed by atoms with van der Waals surface area (Å²) in [5, 5.41) is 3.35. The van der Waals surface area contributed by atoms with Crippen molar-refractivity contribution in [2.24, 2.45) is 0 Å². The number of aromatic nitrogens is 1. The molecule has 0 atom stereocenters.